The van der Waals surface area contributed by atoms with Crippen LogP contribution in [0, 0.1) is 6.92 Å². The van der Waals surface area contributed by atoms with E-state index in [1.165, 1.54) is 11.9 Å². The minimum atomic E-state index is -0.290. The van der Waals surface area contributed by atoms with E-state index in [9.17, 15) is 4.79 Å². The second-order valence-corrected chi connectivity index (χ2v) is 6.23. The fourth-order valence-corrected chi connectivity index (χ4v) is 3.09. The normalized spacial score (nSPS) is 10.5. The molecule has 3 aromatic rings. The van der Waals surface area contributed by atoms with E-state index in [0.29, 0.717) is 5.02 Å². The maximum Gasteiger partial charge on any atom is 0.329 e. The van der Waals surface area contributed by atoms with Gasteiger partial charge >= 0.3 is 6.03 Å². The first kappa shape index (κ1) is 15.6. The topological polar surface area (TPSA) is 54.0 Å². The summed E-state index contributed by atoms with van der Waals surface area (Å²) >= 11 is 7.17. The largest absolute Gasteiger partial charge is 0.329 e. The van der Waals surface area contributed by atoms with Crippen molar-refractivity contribution in [2.75, 3.05) is 5.32 Å². The predicted octanol–water partition coefficient (Wildman–Crippen LogP) is 5.03. The SMILES string of the molecule is Cc1cc(Cl)ccc1NC(=O)NSc1cccc2ncccc12. The van der Waals surface area contributed by atoms with Crippen LogP contribution in [0.15, 0.2) is 59.6 Å². The molecule has 0 fully saturated rings. The van der Waals surface area contributed by atoms with Gasteiger partial charge < -0.3 is 5.32 Å². The van der Waals surface area contributed by atoms with Crippen LogP contribution in [0.3, 0.4) is 0 Å². The number of pyridine rings is 1. The van der Waals surface area contributed by atoms with E-state index in [-0.39, 0.29) is 6.03 Å². The van der Waals surface area contributed by atoms with Crippen LogP contribution in [-0.2, 0) is 0 Å². The molecule has 4 nitrogen and oxygen atoms in total. The van der Waals surface area contributed by atoms with E-state index in [1.54, 1.807) is 24.4 Å². The van der Waals surface area contributed by atoms with Gasteiger partial charge in [-0.1, -0.05) is 23.7 Å². The molecule has 0 aliphatic rings. The number of benzene rings is 2. The Kier molecular flexibility index (Phi) is 4.69. The fourth-order valence-electron chi connectivity index (χ4n) is 2.18. The number of urea groups is 1. The number of fused-ring (bicyclic) bond motifs is 1. The minimum absolute atomic E-state index is 0.290. The lowest BCUT2D eigenvalue weighted by atomic mass is 10.2. The molecule has 23 heavy (non-hydrogen) atoms. The van der Waals surface area contributed by atoms with E-state index in [0.717, 1.165) is 27.0 Å². The summed E-state index contributed by atoms with van der Waals surface area (Å²) in [7, 11) is 0. The third kappa shape index (κ3) is 3.75. The van der Waals surface area contributed by atoms with Gasteiger partial charge in [0.2, 0.25) is 0 Å². The van der Waals surface area contributed by atoms with E-state index in [1.807, 2.05) is 37.3 Å². The monoisotopic (exact) mass is 343 g/mol. The molecule has 0 saturated carbocycles. The molecule has 0 aliphatic heterocycles. The van der Waals surface area contributed by atoms with Gasteiger partial charge in [-0.3, -0.25) is 9.71 Å². The van der Waals surface area contributed by atoms with Crippen molar-refractivity contribution in [1.82, 2.24) is 9.71 Å². The maximum atomic E-state index is 12.1. The molecule has 2 aromatic carbocycles. The summed E-state index contributed by atoms with van der Waals surface area (Å²) in [6, 6.07) is 14.7. The number of carbonyl (C=O) groups excluding carboxylic acids is 1. The van der Waals surface area contributed by atoms with Gasteiger partial charge in [0, 0.05) is 27.2 Å². The van der Waals surface area contributed by atoms with Crippen molar-refractivity contribution in [2.45, 2.75) is 11.8 Å². The van der Waals surface area contributed by atoms with E-state index >= 15 is 0 Å². The molecule has 116 valence electrons. The fraction of sp³-hybridized carbons (Fsp3) is 0.0588. The smallest absolute Gasteiger partial charge is 0.307 e. The first-order chi connectivity index (χ1) is 11.1. The van der Waals surface area contributed by atoms with E-state index < -0.39 is 0 Å². The van der Waals surface area contributed by atoms with Gasteiger partial charge in [0.15, 0.2) is 0 Å². The van der Waals surface area contributed by atoms with Gasteiger partial charge in [0.05, 0.1) is 5.52 Å². The molecule has 3 rings (SSSR count). The van der Waals surface area contributed by atoms with E-state index in [2.05, 4.69) is 15.0 Å². The Labute approximate surface area is 143 Å². The number of aromatic nitrogens is 1. The minimum Gasteiger partial charge on any atom is -0.307 e. The molecule has 0 saturated heterocycles. The first-order valence-electron chi connectivity index (χ1n) is 6.97. The van der Waals surface area contributed by atoms with Crippen molar-refractivity contribution >= 4 is 46.2 Å². The number of nitrogens with one attached hydrogen (secondary N) is 2. The summed E-state index contributed by atoms with van der Waals surface area (Å²) in [5, 5.41) is 4.46. The van der Waals surface area contributed by atoms with Crippen LogP contribution in [0.25, 0.3) is 10.9 Å². The molecule has 2 amide bonds. The molecular weight excluding hydrogens is 330 g/mol. The molecule has 1 heterocycles. The maximum absolute atomic E-state index is 12.1. The standard InChI is InChI=1S/C17H14ClN3OS/c1-11-10-12(18)7-8-14(11)20-17(22)21-23-16-6-2-5-15-13(16)4-3-9-19-15/h2-10H,1H3,(H2,20,21,22). The molecule has 0 bridgehead atoms. The number of aryl methyl sites for hydroxylation is 1. The third-order valence-corrected chi connectivity index (χ3v) is 4.39. The second kappa shape index (κ2) is 6.89. The Morgan fingerprint density at radius 1 is 1.17 bits per heavy atom. The van der Waals surface area contributed by atoms with Crippen molar-refractivity contribution < 1.29 is 4.79 Å². The quantitative estimate of drug-likeness (QED) is 0.656. The highest BCUT2D eigenvalue weighted by Crippen LogP contribution is 2.25. The Morgan fingerprint density at radius 3 is 2.87 bits per heavy atom. The van der Waals surface area contributed by atoms with Gasteiger partial charge in [0.25, 0.3) is 0 Å². The molecule has 0 atom stereocenters. The van der Waals surface area contributed by atoms with Crippen molar-refractivity contribution in [3.8, 4) is 0 Å². The lowest BCUT2D eigenvalue weighted by Crippen LogP contribution is -2.23. The number of hydrogen-bond acceptors (Lipinski definition) is 3. The summed E-state index contributed by atoms with van der Waals surface area (Å²) in [5.74, 6) is 0. The van der Waals surface area contributed by atoms with Crippen LogP contribution in [0.5, 0.6) is 0 Å². The molecular formula is C17H14ClN3OS. The van der Waals surface area contributed by atoms with Crippen LogP contribution < -0.4 is 10.0 Å². The molecule has 6 heteroatoms. The second-order valence-electron chi connectivity index (χ2n) is 4.94. The molecule has 2 N–H and O–H groups in total. The van der Waals surface area contributed by atoms with Crippen LogP contribution >= 0.6 is 23.5 Å². The highest BCUT2D eigenvalue weighted by Gasteiger charge is 2.07. The summed E-state index contributed by atoms with van der Waals surface area (Å²) in [6.07, 6.45) is 1.75. The summed E-state index contributed by atoms with van der Waals surface area (Å²) in [6.45, 7) is 1.89. The zero-order valence-corrected chi connectivity index (χ0v) is 13.9. The number of halogens is 1. The number of hydrogen-bond donors (Lipinski definition) is 2. The molecule has 1 aromatic heterocycles. The highest BCUT2D eigenvalue weighted by atomic mass is 35.5. The lowest BCUT2D eigenvalue weighted by Gasteiger charge is -2.10. The van der Waals surface area contributed by atoms with Crippen LogP contribution in [-0.4, -0.2) is 11.0 Å². The Balaban J connectivity index is 1.69. The molecule has 0 radical (unpaired) electrons. The van der Waals surface area contributed by atoms with E-state index in [4.69, 9.17) is 11.6 Å². The zero-order valence-electron chi connectivity index (χ0n) is 12.3. The summed E-state index contributed by atoms with van der Waals surface area (Å²) in [5.41, 5.74) is 2.53. The zero-order chi connectivity index (χ0) is 16.2. The van der Waals surface area contributed by atoms with Crippen LogP contribution in [0.1, 0.15) is 5.56 Å². The molecule has 0 aliphatic carbocycles. The van der Waals surface area contributed by atoms with Gasteiger partial charge in [-0.25, -0.2) is 4.79 Å². The van der Waals surface area contributed by atoms with Gasteiger partial charge in [-0.05, 0) is 60.8 Å². The average molecular weight is 344 g/mol. The van der Waals surface area contributed by atoms with Gasteiger partial charge in [0.1, 0.15) is 0 Å². The number of rotatable bonds is 3. The third-order valence-electron chi connectivity index (χ3n) is 3.30. The Morgan fingerprint density at radius 2 is 2.04 bits per heavy atom. The van der Waals surface area contributed by atoms with Gasteiger partial charge in [-0.2, -0.15) is 0 Å². The van der Waals surface area contributed by atoms with Crippen LogP contribution in [0.2, 0.25) is 5.02 Å². The van der Waals surface area contributed by atoms with Crippen molar-refractivity contribution in [3.05, 3.63) is 65.3 Å². The predicted molar refractivity (Wildman–Crippen MR) is 95.9 cm³/mol. The molecule has 0 unspecified atom stereocenters. The highest BCUT2D eigenvalue weighted by molar-refractivity contribution is 7.98. The molecule has 0 spiro atoms. The average Bonchev–Trinajstić information content (AvgIpc) is 2.55. The lowest BCUT2D eigenvalue weighted by molar-refractivity contribution is 0.257. The number of amides is 2. The van der Waals surface area contributed by atoms with Gasteiger partial charge in [-0.15, -0.1) is 0 Å². The Bertz CT molecular complexity index is 864. The summed E-state index contributed by atoms with van der Waals surface area (Å²) < 4.78 is 2.79. The number of anilines is 1. The number of nitrogens with zero attached hydrogens (tertiary/aromatic N) is 1. The van der Waals surface area contributed by atoms with Crippen molar-refractivity contribution in [1.29, 1.82) is 0 Å². The summed E-state index contributed by atoms with van der Waals surface area (Å²) in [4.78, 5) is 17.3. The number of carbonyl (C=O) groups is 1. The van der Waals surface area contributed by atoms with Crippen LogP contribution in [0.4, 0.5) is 10.5 Å². The van der Waals surface area contributed by atoms with Crippen molar-refractivity contribution in [2.24, 2.45) is 0 Å². The van der Waals surface area contributed by atoms with Crippen molar-refractivity contribution in [3.63, 3.8) is 0 Å². The Hall–Kier alpha value is -2.24. The first-order valence-corrected chi connectivity index (χ1v) is 8.17.